The van der Waals surface area contributed by atoms with Gasteiger partial charge in [-0.1, -0.05) is 42.5 Å². The molecule has 0 aliphatic carbocycles. The molecule has 0 spiro atoms. The zero-order chi connectivity index (χ0) is 27.4. The Morgan fingerprint density at radius 3 is 2.35 bits per heavy atom. The molecule has 5 aromatic rings. The molecule has 0 saturated carbocycles. The lowest BCUT2D eigenvalue weighted by Gasteiger charge is -2.14. The minimum absolute atomic E-state index is 0.0203. The number of carbonyl (C=O) groups excluding carboxylic acids is 1. The molecule has 10 nitrogen and oxygen atoms in total. The summed E-state index contributed by atoms with van der Waals surface area (Å²) >= 11 is 0. The molecular weight excluding hydrogens is 508 g/mol. The van der Waals surface area contributed by atoms with Crippen molar-refractivity contribution in [2.75, 3.05) is 11.6 Å². The number of ether oxygens (including phenoxy) is 1. The first-order valence-corrected chi connectivity index (χ1v) is 12.5. The number of hydrogen-bond donors (Lipinski definition) is 0. The summed E-state index contributed by atoms with van der Waals surface area (Å²) in [6.07, 6.45) is 0. The number of fused-ring (bicyclic) bond motifs is 3. The van der Waals surface area contributed by atoms with Crippen LogP contribution in [0.3, 0.4) is 0 Å². The fourth-order valence-corrected chi connectivity index (χ4v) is 5.10. The van der Waals surface area contributed by atoms with Crippen LogP contribution >= 0.6 is 0 Å². The Morgan fingerprint density at radius 1 is 0.900 bits per heavy atom. The molecule has 40 heavy (non-hydrogen) atoms. The largest absolute Gasteiger partial charge is 0.471 e. The number of hydrogen-bond acceptors (Lipinski definition) is 7. The normalized spacial score (nSPS) is 14.5. The second-order valence-electron chi connectivity index (χ2n) is 9.38. The van der Waals surface area contributed by atoms with E-state index in [0.717, 1.165) is 5.69 Å². The summed E-state index contributed by atoms with van der Waals surface area (Å²) in [6, 6.07) is 26.9. The van der Waals surface area contributed by atoms with Crippen LogP contribution in [0.4, 0.5) is 11.4 Å². The van der Waals surface area contributed by atoms with Crippen molar-refractivity contribution in [2.45, 2.75) is 6.92 Å². The minimum atomic E-state index is -0.438. The van der Waals surface area contributed by atoms with Crippen LogP contribution in [-0.4, -0.2) is 37.9 Å². The van der Waals surface area contributed by atoms with Crippen molar-refractivity contribution in [3.63, 3.8) is 0 Å². The van der Waals surface area contributed by atoms with Crippen LogP contribution < -0.4 is 9.75 Å². The molecule has 1 amide bonds. The molecule has 0 bridgehead atoms. The quantitative estimate of drug-likeness (QED) is 0.233. The van der Waals surface area contributed by atoms with Gasteiger partial charge in [0, 0.05) is 23.1 Å². The maximum absolute atomic E-state index is 14.0. The van der Waals surface area contributed by atoms with E-state index in [1.807, 2.05) is 67.6 Å². The van der Waals surface area contributed by atoms with Gasteiger partial charge in [0.2, 0.25) is 5.88 Å². The number of aryl methyl sites for hydroxylation is 1. The van der Waals surface area contributed by atoms with Crippen molar-refractivity contribution in [3.8, 4) is 11.6 Å². The van der Waals surface area contributed by atoms with Crippen molar-refractivity contribution in [3.05, 3.63) is 124 Å². The highest BCUT2D eigenvalue weighted by Crippen LogP contribution is 2.42. The minimum Gasteiger partial charge on any atom is -0.471 e. The Labute approximate surface area is 227 Å². The maximum Gasteiger partial charge on any atom is 0.281 e. The van der Waals surface area contributed by atoms with E-state index in [0.29, 0.717) is 56.3 Å². The van der Waals surface area contributed by atoms with E-state index < -0.39 is 4.92 Å². The van der Waals surface area contributed by atoms with Crippen LogP contribution in [0.15, 0.2) is 102 Å². The Bertz CT molecular complexity index is 1910. The molecule has 0 unspecified atom stereocenters. The lowest BCUT2D eigenvalue weighted by molar-refractivity contribution is -0.384. The van der Waals surface area contributed by atoms with Gasteiger partial charge in [0.25, 0.3) is 11.6 Å². The van der Waals surface area contributed by atoms with Gasteiger partial charge in [-0.3, -0.25) is 14.9 Å². The van der Waals surface area contributed by atoms with Crippen molar-refractivity contribution >= 4 is 39.5 Å². The number of hydrazone groups is 1. The molecule has 0 N–H and O–H groups in total. The molecule has 0 atom stereocenters. The Balaban J connectivity index is 1.48. The molecule has 3 aromatic carbocycles. The highest BCUT2D eigenvalue weighted by Gasteiger charge is 2.40. The van der Waals surface area contributed by atoms with Gasteiger partial charge >= 0.3 is 0 Å². The highest BCUT2D eigenvalue weighted by molar-refractivity contribution is 6.36. The summed E-state index contributed by atoms with van der Waals surface area (Å²) in [5.41, 5.74) is 5.19. The van der Waals surface area contributed by atoms with E-state index in [2.05, 4.69) is 5.10 Å². The fraction of sp³-hybridized carbons (Fsp3) is 0.0667. The predicted molar refractivity (Wildman–Crippen MR) is 150 cm³/mol. The Morgan fingerprint density at radius 2 is 1.62 bits per heavy atom. The number of para-hydroxylation sites is 2. The molecule has 2 aliphatic heterocycles. The number of pyridine rings is 1. The summed E-state index contributed by atoms with van der Waals surface area (Å²) in [6.45, 7) is 1.92. The number of benzene rings is 3. The molecule has 7 rings (SSSR count). The van der Waals surface area contributed by atoms with Crippen LogP contribution in [0.2, 0.25) is 0 Å². The molecule has 0 saturated heterocycles. The monoisotopic (exact) mass is 528 g/mol. The second-order valence-corrected chi connectivity index (χ2v) is 9.38. The number of aromatic nitrogens is 3. The fourth-order valence-electron chi connectivity index (χ4n) is 5.10. The number of nitrogens with zero attached hydrogens (tertiary/aromatic N) is 6. The average Bonchev–Trinajstić information content (AvgIpc) is 3.42. The van der Waals surface area contributed by atoms with Crippen LogP contribution in [0.25, 0.3) is 22.2 Å². The summed E-state index contributed by atoms with van der Waals surface area (Å²) in [5.74, 6) is 0.179. The topological polar surface area (TPSA) is 116 Å². The van der Waals surface area contributed by atoms with E-state index >= 15 is 0 Å². The van der Waals surface area contributed by atoms with E-state index in [1.165, 1.54) is 17.1 Å². The Kier molecular flexibility index (Phi) is 5.27. The smallest absolute Gasteiger partial charge is 0.281 e. The molecule has 2 aromatic heterocycles. The van der Waals surface area contributed by atoms with Crippen molar-refractivity contribution in [1.82, 2.24) is 14.8 Å². The van der Waals surface area contributed by atoms with E-state index in [4.69, 9.17) is 14.8 Å². The molecule has 0 fully saturated rings. The number of non-ortho nitro benzene ring substituents is 1. The number of anilines is 1. The van der Waals surface area contributed by atoms with Gasteiger partial charge in [0.15, 0.2) is 0 Å². The highest BCUT2D eigenvalue weighted by atomic mass is 16.6. The third kappa shape index (κ3) is 3.65. The standard InChI is InChI=1S/C30H20N6O4/c1-18-26-27(24-14-12-19-16-22(36(38)39)13-15-23(19)31-24)28-25(33-34(29(28)37)20-8-4-2-5-9-20)17-40-30(26)35(32-18)21-10-6-3-7-11-21/h2-16H,17H2,1H3. The zero-order valence-electron chi connectivity index (χ0n) is 21.2. The van der Waals surface area contributed by atoms with Gasteiger partial charge in [-0.2, -0.15) is 15.2 Å². The van der Waals surface area contributed by atoms with Gasteiger partial charge in [-0.25, -0.2) is 9.67 Å². The summed E-state index contributed by atoms with van der Waals surface area (Å²) in [7, 11) is 0. The third-order valence-corrected chi connectivity index (χ3v) is 6.92. The summed E-state index contributed by atoms with van der Waals surface area (Å²) in [4.78, 5) is 29.7. The molecule has 194 valence electrons. The van der Waals surface area contributed by atoms with Crippen LogP contribution in [0.1, 0.15) is 17.0 Å². The van der Waals surface area contributed by atoms with Gasteiger partial charge in [0.05, 0.1) is 44.3 Å². The maximum atomic E-state index is 14.0. The number of nitro benzene ring substituents is 1. The van der Waals surface area contributed by atoms with Gasteiger partial charge in [0.1, 0.15) is 12.3 Å². The number of amides is 1. The van der Waals surface area contributed by atoms with Crippen LogP contribution in [0, 0.1) is 17.0 Å². The Hall–Kier alpha value is -5.64. The average molecular weight is 529 g/mol. The van der Waals surface area contributed by atoms with E-state index in [1.54, 1.807) is 22.9 Å². The van der Waals surface area contributed by atoms with Crippen molar-refractivity contribution in [2.24, 2.45) is 5.10 Å². The van der Waals surface area contributed by atoms with Crippen LogP contribution in [-0.2, 0) is 4.79 Å². The molecule has 10 heteroatoms. The summed E-state index contributed by atoms with van der Waals surface area (Å²) < 4.78 is 8.05. The van der Waals surface area contributed by atoms with Crippen LogP contribution in [0.5, 0.6) is 5.88 Å². The lowest BCUT2D eigenvalue weighted by atomic mass is 9.94. The lowest BCUT2D eigenvalue weighted by Crippen LogP contribution is -2.22. The molecule has 2 aliphatic rings. The third-order valence-electron chi connectivity index (χ3n) is 6.92. The summed E-state index contributed by atoms with van der Waals surface area (Å²) in [5, 5.41) is 22.7. The molecular formula is C30H20N6O4. The van der Waals surface area contributed by atoms with Crippen molar-refractivity contribution in [1.29, 1.82) is 0 Å². The number of rotatable bonds is 4. The van der Waals surface area contributed by atoms with E-state index in [-0.39, 0.29) is 18.2 Å². The van der Waals surface area contributed by atoms with E-state index in [9.17, 15) is 14.9 Å². The van der Waals surface area contributed by atoms with Crippen molar-refractivity contribution < 1.29 is 14.5 Å². The zero-order valence-corrected chi connectivity index (χ0v) is 21.2. The predicted octanol–water partition coefficient (Wildman–Crippen LogP) is 5.23. The SMILES string of the molecule is Cc1nn(-c2ccccc2)c2c1C(c1ccc3cc([N+](=O)[O-])ccc3n1)=C1C(=O)N(c3ccccc3)N=C1CO2. The van der Waals surface area contributed by atoms with Gasteiger partial charge in [-0.15, -0.1) is 0 Å². The van der Waals surface area contributed by atoms with Gasteiger partial charge in [-0.05, 0) is 43.3 Å². The van der Waals surface area contributed by atoms with Gasteiger partial charge < -0.3 is 4.74 Å². The first-order valence-electron chi connectivity index (χ1n) is 12.5. The molecule has 4 heterocycles. The first-order chi connectivity index (χ1) is 19.5. The molecule has 0 radical (unpaired) electrons. The first kappa shape index (κ1) is 23.5. The number of nitro groups is 1. The number of carbonyl (C=O) groups is 1. The second kappa shape index (κ2) is 8.98.